The number of nitrogens with zero attached hydrogens (tertiary/aromatic N) is 2. The van der Waals surface area contributed by atoms with E-state index < -0.39 is 0 Å². The van der Waals surface area contributed by atoms with Crippen LogP contribution >= 0.6 is 0 Å². The maximum Gasteiger partial charge on any atom is 0.247 e. The van der Waals surface area contributed by atoms with Crippen molar-refractivity contribution in [3.05, 3.63) is 30.2 Å². The van der Waals surface area contributed by atoms with Crippen LogP contribution in [0, 0.1) is 12.8 Å². The van der Waals surface area contributed by atoms with Gasteiger partial charge in [0.1, 0.15) is 0 Å². The van der Waals surface area contributed by atoms with Gasteiger partial charge >= 0.3 is 0 Å². The zero-order valence-corrected chi connectivity index (χ0v) is 12.1. The van der Waals surface area contributed by atoms with Gasteiger partial charge in [-0.15, -0.1) is 10.2 Å². The average molecular weight is 271 g/mol. The Hall–Kier alpha value is -1.84. The molecular weight excluding hydrogens is 250 g/mol. The van der Waals surface area contributed by atoms with E-state index in [1.165, 1.54) is 43.3 Å². The van der Waals surface area contributed by atoms with Crippen LogP contribution in [-0.4, -0.2) is 16.2 Å². The zero-order chi connectivity index (χ0) is 13.9. The fraction of sp³-hybridized carbons (Fsp3) is 0.500. The molecule has 0 saturated heterocycles. The largest absolute Gasteiger partial charge is 0.423 e. The van der Waals surface area contributed by atoms with Crippen molar-refractivity contribution in [1.29, 1.82) is 0 Å². The second-order valence-electron chi connectivity index (χ2n) is 5.89. The number of hydrogen-bond donors (Lipinski definition) is 1. The third-order valence-electron chi connectivity index (χ3n) is 4.14. The molecule has 4 nitrogen and oxygen atoms in total. The number of benzene rings is 1. The molecule has 2 aromatic rings. The van der Waals surface area contributed by atoms with Gasteiger partial charge in [0, 0.05) is 17.3 Å². The molecule has 0 radical (unpaired) electrons. The van der Waals surface area contributed by atoms with E-state index in [0.717, 1.165) is 11.5 Å². The number of nitrogens with one attached hydrogen (secondary N) is 1. The highest BCUT2D eigenvalue weighted by molar-refractivity contribution is 5.64. The van der Waals surface area contributed by atoms with Gasteiger partial charge in [-0.1, -0.05) is 25.8 Å². The quantitative estimate of drug-likeness (QED) is 0.915. The second kappa shape index (κ2) is 5.65. The van der Waals surface area contributed by atoms with Crippen molar-refractivity contribution in [1.82, 2.24) is 10.2 Å². The van der Waals surface area contributed by atoms with Crippen LogP contribution in [0.15, 0.2) is 29.0 Å². The molecule has 106 valence electrons. The third kappa shape index (κ3) is 2.84. The molecule has 20 heavy (non-hydrogen) atoms. The summed E-state index contributed by atoms with van der Waals surface area (Å²) in [5.74, 6) is 1.39. The summed E-state index contributed by atoms with van der Waals surface area (Å²) in [5, 5.41) is 11.4. The smallest absolute Gasteiger partial charge is 0.247 e. The van der Waals surface area contributed by atoms with Gasteiger partial charge in [0.05, 0.1) is 0 Å². The van der Waals surface area contributed by atoms with Gasteiger partial charge in [0.25, 0.3) is 0 Å². The van der Waals surface area contributed by atoms with Gasteiger partial charge in [-0.25, -0.2) is 0 Å². The summed E-state index contributed by atoms with van der Waals surface area (Å²) in [6, 6.07) is 6.82. The highest BCUT2D eigenvalue weighted by atomic mass is 16.4. The molecular formula is C16H21N3O. The topological polar surface area (TPSA) is 51.0 Å². The molecule has 0 spiro atoms. The minimum atomic E-state index is 0.574. The van der Waals surface area contributed by atoms with Gasteiger partial charge in [0.2, 0.25) is 12.3 Å². The predicted octanol–water partition coefficient (Wildman–Crippen LogP) is 4.04. The van der Waals surface area contributed by atoms with Crippen molar-refractivity contribution >= 4 is 5.69 Å². The molecule has 1 fully saturated rings. The Kier molecular flexibility index (Phi) is 3.72. The molecule has 0 amide bonds. The second-order valence-corrected chi connectivity index (χ2v) is 5.89. The Morgan fingerprint density at radius 2 is 2.20 bits per heavy atom. The van der Waals surface area contributed by atoms with Crippen LogP contribution in [0.25, 0.3) is 11.5 Å². The summed E-state index contributed by atoms with van der Waals surface area (Å²) in [7, 11) is 0. The molecule has 4 heteroatoms. The first-order valence-electron chi connectivity index (χ1n) is 7.36. The monoisotopic (exact) mass is 271 g/mol. The van der Waals surface area contributed by atoms with Crippen molar-refractivity contribution in [2.45, 2.75) is 45.6 Å². The van der Waals surface area contributed by atoms with E-state index in [4.69, 9.17) is 4.42 Å². The molecule has 0 bridgehead atoms. The molecule has 3 rings (SSSR count). The SMILES string of the molecule is Cc1ccc(-c2nnco2)cc1NC1CCCC(C)C1. The molecule has 1 aromatic heterocycles. The van der Waals surface area contributed by atoms with Crippen molar-refractivity contribution in [3.8, 4) is 11.5 Å². The maximum atomic E-state index is 5.27. The molecule has 1 heterocycles. The molecule has 2 atom stereocenters. The van der Waals surface area contributed by atoms with E-state index in [9.17, 15) is 0 Å². The molecule has 2 unspecified atom stereocenters. The minimum Gasteiger partial charge on any atom is -0.423 e. The summed E-state index contributed by atoms with van der Waals surface area (Å²) in [5.41, 5.74) is 3.41. The average Bonchev–Trinajstić information content (AvgIpc) is 2.95. The lowest BCUT2D eigenvalue weighted by atomic mass is 9.87. The number of hydrogen-bond acceptors (Lipinski definition) is 4. The standard InChI is InChI=1S/C16H21N3O/c1-11-4-3-5-14(8-11)18-15-9-13(7-6-12(15)2)16-19-17-10-20-16/h6-7,9-11,14,18H,3-5,8H2,1-2H3. The van der Waals surface area contributed by atoms with E-state index >= 15 is 0 Å². The van der Waals surface area contributed by atoms with Crippen molar-refractivity contribution in [2.75, 3.05) is 5.32 Å². The first-order chi connectivity index (χ1) is 9.72. The highest BCUT2D eigenvalue weighted by Gasteiger charge is 2.19. The summed E-state index contributed by atoms with van der Waals surface area (Å²) < 4.78 is 5.27. The Morgan fingerprint density at radius 3 is 2.95 bits per heavy atom. The summed E-state index contributed by atoms with van der Waals surface area (Å²) in [4.78, 5) is 0. The summed E-state index contributed by atoms with van der Waals surface area (Å²) >= 11 is 0. The first kappa shape index (κ1) is 13.2. The van der Waals surface area contributed by atoms with Gasteiger partial charge in [-0.3, -0.25) is 0 Å². The van der Waals surface area contributed by atoms with E-state index in [1.54, 1.807) is 0 Å². The molecule has 1 aromatic carbocycles. The zero-order valence-electron chi connectivity index (χ0n) is 12.1. The van der Waals surface area contributed by atoms with Crippen LogP contribution in [-0.2, 0) is 0 Å². The van der Waals surface area contributed by atoms with Crippen molar-refractivity contribution in [2.24, 2.45) is 5.92 Å². The van der Waals surface area contributed by atoms with Crippen molar-refractivity contribution < 1.29 is 4.42 Å². The van der Waals surface area contributed by atoms with Crippen LogP contribution in [0.2, 0.25) is 0 Å². The molecule has 0 aliphatic heterocycles. The number of rotatable bonds is 3. The van der Waals surface area contributed by atoms with Crippen LogP contribution in [0.1, 0.15) is 38.2 Å². The molecule has 1 N–H and O–H groups in total. The van der Waals surface area contributed by atoms with Gasteiger partial charge in [0.15, 0.2) is 0 Å². The Morgan fingerprint density at radius 1 is 1.30 bits per heavy atom. The fourth-order valence-corrected chi connectivity index (χ4v) is 2.99. The van der Waals surface area contributed by atoms with Gasteiger partial charge in [-0.05, 0) is 43.4 Å². The first-order valence-corrected chi connectivity index (χ1v) is 7.36. The predicted molar refractivity (Wildman–Crippen MR) is 79.5 cm³/mol. The van der Waals surface area contributed by atoms with Crippen LogP contribution < -0.4 is 5.32 Å². The molecule has 1 saturated carbocycles. The van der Waals surface area contributed by atoms with E-state index in [2.05, 4.69) is 41.5 Å². The van der Waals surface area contributed by atoms with E-state index in [-0.39, 0.29) is 0 Å². The molecule has 1 aliphatic rings. The fourth-order valence-electron chi connectivity index (χ4n) is 2.99. The lowest BCUT2D eigenvalue weighted by molar-refractivity contribution is 0.358. The third-order valence-corrected chi connectivity index (χ3v) is 4.14. The lowest BCUT2D eigenvalue weighted by Gasteiger charge is -2.29. The van der Waals surface area contributed by atoms with E-state index in [1.807, 2.05) is 6.07 Å². The summed E-state index contributed by atoms with van der Waals surface area (Å²) in [6.45, 7) is 4.47. The Labute approximate surface area is 119 Å². The van der Waals surface area contributed by atoms with Gasteiger partial charge in [-0.2, -0.15) is 0 Å². The van der Waals surface area contributed by atoms with Gasteiger partial charge < -0.3 is 9.73 Å². The summed E-state index contributed by atoms with van der Waals surface area (Å²) in [6.07, 6.45) is 6.56. The van der Waals surface area contributed by atoms with E-state index in [0.29, 0.717) is 11.9 Å². The van der Waals surface area contributed by atoms with Crippen LogP contribution in [0.3, 0.4) is 0 Å². The Bertz CT molecular complexity index is 565. The lowest BCUT2D eigenvalue weighted by Crippen LogP contribution is -2.26. The Balaban J connectivity index is 1.80. The highest BCUT2D eigenvalue weighted by Crippen LogP contribution is 2.29. The van der Waals surface area contributed by atoms with Crippen LogP contribution in [0.5, 0.6) is 0 Å². The number of anilines is 1. The number of aryl methyl sites for hydroxylation is 1. The normalized spacial score (nSPS) is 22.7. The maximum absolute atomic E-state index is 5.27. The molecule has 1 aliphatic carbocycles. The van der Waals surface area contributed by atoms with Crippen molar-refractivity contribution in [3.63, 3.8) is 0 Å². The minimum absolute atomic E-state index is 0.574. The number of aromatic nitrogens is 2. The van der Waals surface area contributed by atoms with Crippen LogP contribution in [0.4, 0.5) is 5.69 Å².